The van der Waals surface area contributed by atoms with Gasteiger partial charge in [0.25, 0.3) is 0 Å². The number of carboxylic acids is 1. The largest absolute Gasteiger partial charge is 0.496 e. The van der Waals surface area contributed by atoms with Crippen LogP contribution < -0.4 is 10.1 Å². The van der Waals surface area contributed by atoms with Gasteiger partial charge in [-0.1, -0.05) is 18.6 Å². The minimum absolute atomic E-state index is 0.0784. The van der Waals surface area contributed by atoms with E-state index < -0.39 is 11.4 Å². The number of likely N-dealkylation sites (tertiary alicyclic amines) is 1. The van der Waals surface area contributed by atoms with E-state index in [4.69, 9.17) is 4.74 Å². The van der Waals surface area contributed by atoms with E-state index in [1.807, 2.05) is 25.1 Å². The van der Waals surface area contributed by atoms with Gasteiger partial charge in [0.15, 0.2) is 0 Å². The fourth-order valence-electron chi connectivity index (χ4n) is 4.07. The van der Waals surface area contributed by atoms with Crippen molar-refractivity contribution in [3.63, 3.8) is 0 Å². The Balaban J connectivity index is 1.64. The van der Waals surface area contributed by atoms with Crippen molar-refractivity contribution in [2.75, 3.05) is 20.2 Å². The van der Waals surface area contributed by atoms with E-state index >= 15 is 0 Å². The molecular weight excluding hydrogens is 308 g/mol. The number of amides is 2. The van der Waals surface area contributed by atoms with Gasteiger partial charge in [0.2, 0.25) is 0 Å². The molecule has 0 radical (unpaired) electrons. The smallest absolute Gasteiger partial charge is 0.317 e. The van der Waals surface area contributed by atoms with Crippen LogP contribution in [-0.4, -0.2) is 42.2 Å². The summed E-state index contributed by atoms with van der Waals surface area (Å²) >= 11 is 0. The SMILES string of the molecule is COc1cc(C)ccc1CNC(=O)N1C[C@@H]2CCC[C@@]2(C(=O)O)C1. The minimum atomic E-state index is -0.763. The predicted octanol–water partition coefficient (Wildman–Crippen LogP) is 2.40. The second-order valence-electron chi connectivity index (χ2n) is 6.90. The summed E-state index contributed by atoms with van der Waals surface area (Å²) in [5, 5.41) is 12.5. The van der Waals surface area contributed by atoms with Gasteiger partial charge in [-0.2, -0.15) is 0 Å². The van der Waals surface area contributed by atoms with E-state index in [1.54, 1.807) is 12.0 Å². The first-order valence-corrected chi connectivity index (χ1v) is 8.36. The molecular formula is C18H24N2O4. The topological polar surface area (TPSA) is 78.9 Å². The maximum Gasteiger partial charge on any atom is 0.317 e. The summed E-state index contributed by atoms with van der Waals surface area (Å²) in [6.45, 7) is 3.19. The summed E-state index contributed by atoms with van der Waals surface area (Å²) < 4.78 is 5.35. The number of carbonyl (C=O) groups excluding carboxylic acids is 1. The lowest BCUT2D eigenvalue weighted by Crippen LogP contribution is -2.41. The quantitative estimate of drug-likeness (QED) is 0.887. The highest BCUT2D eigenvalue weighted by Gasteiger charge is 2.55. The third-order valence-corrected chi connectivity index (χ3v) is 5.46. The zero-order valence-electron chi connectivity index (χ0n) is 14.2. The number of urea groups is 1. The van der Waals surface area contributed by atoms with E-state index in [2.05, 4.69) is 5.32 Å². The first kappa shape index (κ1) is 16.6. The highest BCUT2D eigenvalue weighted by atomic mass is 16.5. The van der Waals surface area contributed by atoms with E-state index in [9.17, 15) is 14.7 Å². The number of rotatable bonds is 4. The van der Waals surface area contributed by atoms with Gasteiger partial charge in [-0.05, 0) is 37.3 Å². The predicted molar refractivity (Wildman–Crippen MR) is 88.9 cm³/mol. The summed E-state index contributed by atoms with van der Waals surface area (Å²) in [7, 11) is 1.61. The summed E-state index contributed by atoms with van der Waals surface area (Å²) in [5.41, 5.74) is 1.26. The van der Waals surface area contributed by atoms with Gasteiger partial charge in [0.1, 0.15) is 5.75 Å². The Morgan fingerprint density at radius 1 is 1.46 bits per heavy atom. The Morgan fingerprint density at radius 2 is 2.25 bits per heavy atom. The van der Waals surface area contributed by atoms with Crippen LogP contribution >= 0.6 is 0 Å². The first-order valence-electron chi connectivity index (χ1n) is 8.36. The van der Waals surface area contributed by atoms with Crippen molar-refractivity contribution in [1.82, 2.24) is 10.2 Å². The van der Waals surface area contributed by atoms with Crippen LogP contribution in [-0.2, 0) is 11.3 Å². The molecule has 1 aromatic carbocycles. The molecule has 0 bridgehead atoms. The number of benzene rings is 1. The average molecular weight is 332 g/mol. The summed E-state index contributed by atoms with van der Waals surface area (Å²) in [6, 6.07) is 5.64. The van der Waals surface area contributed by atoms with E-state index in [0.29, 0.717) is 26.1 Å². The third-order valence-electron chi connectivity index (χ3n) is 5.46. The maximum absolute atomic E-state index is 12.5. The van der Waals surface area contributed by atoms with Crippen molar-refractivity contribution >= 4 is 12.0 Å². The highest BCUT2D eigenvalue weighted by molar-refractivity contribution is 5.80. The normalized spacial score (nSPS) is 25.4. The summed E-state index contributed by atoms with van der Waals surface area (Å²) in [5.74, 6) is 0.0609. The van der Waals surface area contributed by atoms with Crippen molar-refractivity contribution in [2.45, 2.75) is 32.7 Å². The van der Waals surface area contributed by atoms with E-state index in [0.717, 1.165) is 29.7 Å². The standard InChI is InChI=1S/C18H24N2O4/c1-12-5-6-13(15(8-12)24-2)9-19-17(23)20-10-14-4-3-7-18(14,11-20)16(21)22/h5-6,8,14H,3-4,7,9-11H2,1-2H3,(H,19,23)(H,21,22)/t14-,18+/m0/s1. The van der Waals surface area contributed by atoms with Crippen LogP contribution in [0.2, 0.25) is 0 Å². The molecule has 0 aromatic heterocycles. The Labute approximate surface area is 141 Å². The van der Waals surface area contributed by atoms with Crippen LogP contribution in [0.1, 0.15) is 30.4 Å². The van der Waals surface area contributed by atoms with Crippen molar-refractivity contribution in [3.8, 4) is 5.75 Å². The van der Waals surface area contributed by atoms with Gasteiger partial charge in [0.05, 0.1) is 12.5 Å². The molecule has 0 spiro atoms. The van der Waals surface area contributed by atoms with Gasteiger partial charge in [-0.3, -0.25) is 4.79 Å². The second-order valence-corrected chi connectivity index (χ2v) is 6.90. The molecule has 1 aliphatic carbocycles. The number of aliphatic carboxylic acids is 1. The van der Waals surface area contributed by atoms with E-state index in [1.165, 1.54) is 0 Å². The van der Waals surface area contributed by atoms with Crippen molar-refractivity contribution < 1.29 is 19.4 Å². The fraction of sp³-hybridized carbons (Fsp3) is 0.556. The number of hydrogen-bond acceptors (Lipinski definition) is 3. The Kier molecular flexibility index (Phi) is 4.39. The fourth-order valence-corrected chi connectivity index (χ4v) is 4.07. The number of carboxylic acid groups (broad SMARTS) is 1. The molecule has 2 atom stereocenters. The number of carbonyl (C=O) groups is 2. The molecule has 6 heteroatoms. The number of nitrogens with one attached hydrogen (secondary N) is 1. The zero-order chi connectivity index (χ0) is 17.3. The molecule has 1 aromatic rings. The summed E-state index contributed by atoms with van der Waals surface area (Å²) in [4.78, 5) is 25.8. The van der Waals surface area contributed by atoms with Gasteiger partial charge in [-0.15, -0.1) is 0 Å². The number of hydrogen-bond donors (Lipinski definition) is 2. The van der Waals surface area contributed by atoms with Crippen LogP contribution in [0.4, 0.5) is 4.79 Å². The Morgan fingerprint density at radius 3 is 2.92 bits per heavy atom. The lowest BCUT2D eigenvalue weighted by molar-refractivity contribution is -0.149. The average Bonchev–Trinajstić information content (AvgIpc) is 3.11. The summed E-state index contributed by atoms with van der Waals surface area (Å²) in [6.07, 6.45) is 2.50. The molecule has 24 heavy (non-hydrogen) atoms. The van der Waals surface area contributed by atoms with E-state index in [-0.39, 0.29) is 11.9 Å². The van der Waals surface area contributed by atoms with Crippen LogP contribution in [0.3, 0.4) is 0 Å². The van der Waals surface area contributed by atoms with Crippen LogP contribution in [0.25, 0.3) is 0 Å². The molecule has 130 valence electrons. The third kappa shape index (κ3) is 2.81. The number of methoxy groups -OCH3 is 1. The highest BCUT2D eigenvalue weighted by Crippen LogP contribution is 2.48. The maximum atomic E-state index is 12.5. The minimum Gasteiger partial charge on any atom is -0.496 e. The van der Waals surface area contributed by atoms with Gasteiger partial charge >= 0.3 is 12.0 Å². The Bertz CT molecular complexity index is 660. The molecule has 1 aliphatic heterocycles. The lowest BCUT2D eigenvalue weighted by atomic mass is 9.81. The van der Waals surface area contributed by atoms with Crippen LogP contribution in [0, 0.1) is 18.3 Å². The van der Waals surface area contributed by atoms with Crippen LogP contribution in [0.15, 0.2) is 18.2 Å². The number of nitrogens with zero attached hydrogens (tertiary/aromatic N) is 1. The molecule has 1 saturated heterocycles. The lowest BCUT2D eigenvalue weighted by Gasteiger charge is -2.23. The molecule has 3 rings (SSSR count). The number of aryl methyl sites for hydroxylation is 1. The monoisotopic (exact) mass is 332 g/mol. The van der Waals surface area contributed by atoms with Crippen molar-refractivity contribution in [2.24, 2.45) is 11.3 Å². The van der Waals surface area contributed by atoms with Gasteiger partial charge in [0, 0.05) is 25.2 Å². The zero-order valence-corrected chi connectivity index (χ0v) is 14.2. The molecule has 2 fully saturated rings. The van der Waals surface area contributed by atoms with Gasteiger partial charge < -0.3 is 20.1 Å². The molecule has 2 aliphatic rings. The van der Waals surface area contributed by atoms with Crippen molar-refractivity contribution in [3.05, 3.63) is 29.3 Å². The van der Waals surface area contributed by atoms with Crippen LogP contribution in [0.5, 0.6) is 5.75 Å². The number of ether oxygens (including phenoxy) is 1. The van der Waals surface area contributed by atoms with Gasteiger partial charge in [-0.25, -0.2) is 4.79 Å². The first-order chi connectivity index (χ1) is 11.5. The molecule has 1 saturated carbocycles. The molecule has 0 unspecified atom stereocenters. The molecule has 2 N–H and O–H groups in total. The number of fused-ring (bicyclic) bond motifs is 1. The Hall–Kier alpha value is -2.24. The molecule has 2 amide bonds. The second kappa shape index (κ2) is 6.34. The van der Waals surface area contributed by atoms with Crippen molar-refractivity contribution in [1.29, 1.82) is 0 Å². The molecule has 1 heterocycles. The molecule has 6 nitrogen and oxygen atoms in total.